The second-order valence-electron chi connectivity index (χ2n) is 4.85. The first-order valence-electron chi connectivity index (χ1n) is 6.12. The third kappa shape index (κ3) is 3.05. The van der Waals surface area contributed by atoms with E-state index in [0.717, 1.165) is 0 Å². The molecule has 1 N–H and O–H groups in total. The SMILES string of the molecule is Cn1nccc1C(=O)NCC1CCC(F)(F)CC1. The quantitative estimate of drug-likeness (QED) is 0.900. The number of carbonyl (C=O) groups is 1. The number of nitrogens with one attached hydrogen (secondary N) is 1. The molecule has 100 valence electrons. The molecule has 0 spiro atoms. The molecule has 0 aromatic carbocycles. The zero-order chi connectivity index (χ0) is 13.2. The highest BCUT2D eigenvalue weighted by Gasteiger charge is 2.34. The van der Waals surface area contributed by atoms with Crippen molar-refractivity contribution in [2.75, 3.05) is 6.54 Å². The molecule has 0 unspecified atom stereocenters. The van der Waals surface area contributed by atoms with Crippen molar-refractivity contribution in [3.8, 4) is 0 Å². The average molecular weight is 257 g/mol. The summed E-state index contributed by atoms with van der Waals surface area (Å²) in [6.07, 6.45) is 2.35. The largest absolute Gasteiger partial charge is 0.350 e. The molecule has 18 heavy (non-hydrogen) atoms. The molecular weight excluding hydrogens is 240 g/mol. The molecule has 1 fully saturated rings. The minimum Gasteiger partial charge on any atom is -0.350 e. The zero-order valence-electron chi connectivity index (χ0n) is 10.3. The number of amides is 1. The Kier molecular flexibility index (Phi) is 3.63. The lowest BCUT2D eigenvalue weighted by Crippen LogP contribution is -2.34. The molecule has 1 aromatic heterocycles. The third-order valence-electron chi connectivity index (χ3n) is 3.44. The van der Waals surface area contributed by atoms with Crippen molar-refractivity contribution in [1.29, 1.82) is 0 Å². The van der Waals surface area contributed by atoms with E-state index in [2.05, 4.69) is 10.4 Å². The van der Waals surface area contributed by atoms with Gasteiger partial charge in [-0.2, -0.15) is 5.10 Å². The summed E-state index contributed by atoms with van der Waals surface area (Å²) in [7, 11) is 1.69. The van der Waals surface area contributed by atoms with E-state index in [1.54, 1.807) is 19.3 Å². The number of hydrogen-bond acceptors (Lipinski definition) is 2. The Morgan fingerprint density at radius 3 is 2.78 bits per heavy atom. The van der Waals surface area contributed by atoms with Gasteiger partial charge in [-0.15, -0.1) is 0 Å². The standard InChI is InChI=1S/C12H17F2N3O/c1-17-10(4-7-16-17)11(18)15-8-9-2-5-12(13,14)6-3-9/h4,7,9H,2-3,5-6,8H2,1H3,(H,15,18). The Balaban J connectivity index is 1.79. The molecule has 0 aliphatic heterocycles. The van der Waals surface area contributed by atoms with Crippen molar-refractivity contribution in [1.82, 2.24) is 15.1 Å². The number of carbonyl (C=O) groups excluding carboxylic acids is 1. The van der Waals surface area contributed by atoms with Crippen molar-refractivity contribution < 1.29 is 13.6 Å². The lowest BCUT2D eigenvalue weighted by atomic mass is 9.87. The molecule has 6 heteroatoms. The monoisotopic (exact) mass is 257 g/mol. The maximum absolute atomic E-state index is 13.0. The first-order valence-corrected chi connectivity index (χ1v) is 6.12. The molecular formula is C12H17F2N3O. The first kappa shape index (κ1) is 13.0. The van der Waals surface area contributed by atoms with Crippen molar-refractivity contribution >= 4 is 5.91 Å². The van der Waals surface area contributed by atoms with Gasteiger partial charge < -0.3 is 5.32 Å². The summed E-state index contributed by atoms with van der Waals surface area (Å²) in [5, 5.41) is 6.69. The van der Waals surface area contributed by atoms with Gasteiger partial charge in [0.1, 0.15) is 5.69 Å². The van der Waals surface area contributed by atoms with Crippen LogP contribution in [-0.4, -0.2) is 28.2 Å². The van der Waals surface area contributed by atoms with E-state index in [1.165, 1.54) is 4.68 Å². The van der Waals surface area contributed by atoms with Gasteiger partial charge >= 0.3 is 0 Å². The van der Waals surface area contributed by atoms with E-state index in [1.807, 2.05) is 0 Å². The summed E-state index contributed by atoms with van der Waals surface area (Å²) < 4.78 is 27.4. The van der Waals surface area contributed by atoms with Crippen LogP contribution in [0, 0.1) is 5.92 Å². The van der Waals surface area contributed by atoms with Crippen LogP contribution in [0.1, 0.15) is 36.2 Å². The number of nitrogens with zero attached hydrogens (tertiary/aromatic N) is 2. The van der Waals surface area contributed by atoms with Crippen LogP contribution in [0.15, 0.2) is 12.3 Å². The molecule has 4 nitrogen and oxygen atoms in total. The topological polar surface area (TPSA) is 46.9 Å². The van der Waals surface area contributed by atoms with Gasteiger partial charge in [-0.3, -0.25) is 9.48 Å². The second-order valence-corrected chi connectivity index (χ2v) is 4.85. The van der Waals surface area contributed by atoms with Crippen molar-refractivity contribution in [3.05, 3.63) is 18.0 Å². The highest BCUT2D eigenvalue weighted by atomic mass is 19.3. The summed E-state index contributed by atoms with van der Waals surface area (Å²) in [6.45, 7) is 0.458. The average Bonchev–Trinajstić information content (AvgIpc) is 2.74. The van der Waals surface area contributed by atoms with Crippen molar-refractivity contribution in [3.63, 3.8) is 0 Å². The summed E-state index contributed by atoms with van der Waals surface area (Å²) in [5.41, 5.74) is 0.483. The third-order valence-corrected chi connectivity index (χ3v) is 3.44. The van der Waals surface area contributed by atoms with Crippen LogP contribution in [0.25, 0.3) is 0 Å². The maximum Gasteiger partial charge on any atom is 0.269 e. The molecule has 0 radical (unpaired) electrons. The van der Waals surface area contributed by atoms with Crippen LogP contribution in [0.4, 0.5) is 8.78 Å². The van der Waals surface area contributed by atoms with Crippen LogP contribution in [0.3, 0.4) is 0 Å². The van der Waals surface area contributed by atoms with Crippen LogP contribution in [0.5, 0.6) is 0 Å². The Morgan fingerprint density at radius 1 is 1.56 bits per heavy atom. The Bertz CT molecular complexity index is 421. The van der Waals surface area contributed by atoms with Gasteiger partial charge in [0.2, 0.25) is 5.92 Å². The van der Waals surface area contributed by atoms with Crippen molar-refractivity contribution in [2.45, 2.75) is 31.6 Å². The van der Waals surface area contributed by atoms with Crippen LogP contribution in [0.2, 0.25) is 0 Å². The van der Waals surface area contributed by atoms with E-state index >= 15 is 0 Å². The number of rotatable bonds is 3. The van der Waals surface area contributed by atoms with Crippen LogP contribution in [-0.2, 0) is 7.05 Å². The zero-order valence-corrected chi connectivity index (χ0v) is 10.3. The highest BCUT2D eigenvalue weighted by molar-refractivity contribution is 5.92. The maximum atomic E-state index is 13.0. The van der Waals surface area contributed by atoms with E-state index < -0.39 is 5.92 Å². The van der Waals surface area contributed by atoms with Gasteiger partial charge in [-0.05, 0) is 24.8 Å². The van der Waals surface area contributed by atoms with Crippen molar-refractivity contribution in [2.24, 2.45) is 13.0 Å². The predicted octanol–water partition coefficient (Wildman–Crippen LogP) is 1.98. The smallest absolute Gasteiger partial charge is 0.269 e. The van der Waals surface area contributed by atoms with Gasteiger partial charge in [0, 0.05) is 32.6 Å². The predicted molar refractivity (Wildman–Crippen MR) is 62.4 cm³/mol. The number of hydrogen-bond donors (Lipinski definition) is 1. The number of alkyl halides is 2. The van der Waals surface area contributed by atoms with Gasteiger partial charge in [-0.1, -0.05) is 0 Å². The summed E-state index contributed by atoms with van der Waals surface area (Å²) in [4.78, 5) is 11.8. The van der Waals surface area contributed by atoms with Crippen LogP contribution >= 0.6 is 0 Å². The summed E-state index contributed by atoms with van der Waals surface area (Å²) in [6, 6.07) is 1.63. The molecule has 0 atom stereocenters. The number of aryl methyl sites for hydroxylation is 1. The normalized spacial score (nSPS) is 19.7. The fourth-order valence-electron chi connectivity index (χ4n) is 2.23. The van der Waals surface area contributed by atoms with Gasteiger partial charge in [-0.25, -0.2) is 8.78 Å². The lowest BCUT2D eigenvalue weighted by molar-refractivity contribution is -0.0452. The molecule has 1 heterocycles. The van der Waals surface area contributed by atoms with E-state index in [4.69, 9.17) is 0 Å². The van der Waals surface area contributed by atoms with E-state index in [-0.39, 0.29) is 24.7 Å². The Labute approximate surface area is 104 Å². The molecule has 2 rings (SSSR count). The fourth-order valence-corrected chi connectivity index (χ4v) is 2.23. The minimum atomic E-state index is -2.51. The minimum absolute atomic E-state index is 0.0702. The number of aromatic nitrogens is 2. The molecule has 1 aliphatic rings. The molecule has 1 aromatic rings. The molecule has 1 saturated carbocycles. The lowest BCUT2D eigenvalue weighted by Gasteiger charge is -2.28. The summed E-state index contributed by atoms with van der Waals surface area (Å²) in [5.74, 6) is -2.56. The fraction of sp³-hybridized carbons (Fsp3) is 0.667. The summed E-state index contributed by atoms with van der Waals surface area (Å²) >= 11 is 0. The first-order chi connectivity index (χ1) is 8.48. The molecule has 0 saturated heterocycles. The molecule has 1 aliphatic carbocycles. The molecule has 1 amide bonds. The Morgan fingerprint density at radius 2 is 2.22 bits per heavy atom. The molecule has 0 bridgehead atoms. The van der Waals surface area contributed by atoms with Gasteiger partial charge in [0.25, 0.3) is 5.91 Å². The van der Waals surface area contributed by atoms with E-state index in [0.29, 0.717) is 25.1 Å². The van der Waals surface area contributed by atoms with Crippen LogP contribution < -0.4 is 5.32 Å². The van der Waals surface area contributed by atoms with E-state index in [9.17, 15) is 13.6 Å². The Hall–Kier alpha value is -1.46. The highest BCUT2D eigenvalue weighted by Crippen LogP contribution is 2.35. The van der Waals surface area contributed by atoms with Gasteiger partial charge in [0.15, 0.2) is 0 Å². The van der Waals surface area contributed by atoms with Gasteiger partial charge in [0.05, 0.1) is 0 Å². The second kappa shape index (κ2) is 5.04. The number of halogens is 2.